The SMILES string of the molecule is CNC(Cc1cn(C)nn1)C(C)(C)N1CCCC1. The van der Waals surface area contributed by atoms with Gasteiger partial charge in [-0.3, -0.25) is 9.58 Å². The third-order valence-electron chi connectivity index (χ3n) is 4.19. The molecule has 1 unspecified atom stereocenters. The maximum absolute atomic E-state index is 4.20. The van der Waals surface area contributed by atoms with Gasteiger partial charge in [0.25, 0.3) is 0 Å². The topological polar surface area (TPSA) is 46.0 Å². The number of hydrogen-bond acceptors (Lipinski definition) is 4. The van der Waals surface area contributed by atoms with Crippen molar-refractivity contribution in [3.63, 3.8) is 0 Å². The van der Waals surface area contributed by atoms with Crippen LogP contribution >= 0.6 is 0 Å². The summed E-state index contributed by atoms with van der Waals surface area (Å²) in [5.41, 5.74) is 1.21. The normalized spacial score (nSPS) is 19.3. The molecule has 0 amide bonds. The molecular weight excluding hydrogens is 226 g/mol. The summed E-state index contributed by atoms with van der Waals surface area (Å²) in [6.07, 6.45) is 5.58. The summed E-state index contributed by atoms with van der Waals surface area (Å²) in [6, 6.07) is 0.396. The molecule has 2 rings (SSSR count). The van der Waals surface area contributed by atoms with E-state index >= 15 is 0 Å². The molecule has 102 valence electrons. The fraction of sp³-hybridized carbons (Fsp3) is 0.846. The van der Waals surface area contributed by atoms with Crippen molar-refractivity contribution in [1.29, 1.82) is 0 Å². The van der Waals surface area contributed by atoms with Gasteiger partial charge in [-0.25, -0.2) is 0 Å². The Balaban J connectivity index is 2.06. The Bertz CT molecular complexity index is 378. The minimum atomic E-state index is 0.156. The summed E-state index contributed by atoms with van der Waals surface area (Å²) in [6.45, 7) is 7.09. The first-order valence-electron chi connectivity index (χ1n) is 6.81. The number of hydrogen-bond donors (Lipinski definition) is 1. The van der Waals surface area contributed by atoms with Crippen molar-refractivity contribution in [2.45, 2.75) is 44.7 Å². The molecule has 5 heteroatoms. The van der Waals surface area contributed by atoms with Crippen molar-refractivity contribution in [1.82, 2.24) is 25.2 Å². The Morgan fingerprint density at radius 1 is 1.39 bits per heavy atom. The van der Waals surface area contributed by atoms with E-state index in [-0.39, 0.29) is 5.54 Å². The number of nitrogens with zero attached hydrogens (tertiary/aromatic N) is 4. The molecule has 0 bridgehead atoms. The minimum Gasteiger partial charge on any atom is -0.315 e. The molecule has 0 saturated carbocycles. The Morgan fingerprint density at radius 3 is 2.56 bits per heavy atom. The van der Waals surface area contributed by atoms with Crippen molar-refractivity contribution >= 4 is 0 Å². The van der Waals surface area contributed by atoms with E-state index in [9.17, 15) is 0 Å². The molecule has 1 aliphatic heterocycles. The number of rotatable bonds is 5. The van der Waals surface area contributed by atoms with Gasteiger partial charge in [0.1, 0.15) is 0 Å². The van der Waals surface area contributed by atoms with Crippen molar-refractivity contribution in [3.8, 4) is 0 Å². The van der Waals surface area contributed by atoms with Gasteiger partial charge < -0.3 is 5.32 Å². The number of nitrogens with one attached hydrogen (secondary N) is 1. The predicted molar refractivity (Wildman–Crippen MR) is 72.4 cm³/mol. The van der Waals surface area contributed by atoms with Crippen LogP contribution in [0.25, 0.3) is 0 Å². The predicted octanol–water partition coefficient (Wildman–Crippen LogP) is 0.820. The van der Waals surface area contributed by atoms with Crippen LogP contribution in [0.3, 0.4) is 0 Å². The van der Waals surface area contributed by atoms with Gasteiger partial charge in [0, 0.05) is 31.2 Å². The standard InChI is InChI=1S/C13H25N5/c1-13(2,18-7-5-6-8-18)12(14-3)9-11-10-17(4)16-15-11/h10,12,14H,5-9H2,1-4H3. The maximum atomic E-state index is 4.20. The molecule has 1 aliphatic rings. The lowest BCUT2D eigenvalue weighted by Crippen LogP contribution is -2.57. The van der Waals surface area contributed by atoms with E-state index in [1.807, 2.05) is 20.3 Å². The van der Waals surface area contributed by atoms with E-state index in [0.717, 1.165) is 12.1 Å². The van der Waals surface area contributed by atoms with Crippen molar-refractivity contribution in [3.05, 3.63) is 11.9 Å². The zero-order chi connectivity index (χ0) is 13.2. The van der Waals surface area contributed by atoms with Crippen LogP contribution in [0.5, 0.6) is 0 Å². The summed E-state index contributed by atoms with van der Waals surface area (Å²) < 4.78 is 1.77. The van der Waals surface area contributed by atoms with Gasteiger partial charge in [-0.15, -0.1) is 5.10 Å². The van der Waals surface area contributed by atoms with E-state index in [2.05, 4.69) is 34.4 Å². The van der Waals surface area contributed by atoms with Gasteiger partial charge in [0.2, 0.25) is 0 Å². The maximum Gasteiger partial charge on any atom is 0.0843 e. The number of aromatic nitrogens is 3. The van der Waals surface area contributed by atoms with Crippen LogP contribution in [0, 0.1) is 0 Å². The molecule has 1 aromatic heterocycles. The molecule has 0 spiro atoms. The van der Waals surface area contributed by atoms with E-state index in [1.165, 1.54) is 25.9 Å². The van der Waals surface area contributed by atoms with E-state index in [4.69, 9.17) is 0 Å². The Kier molecular flexibility index (Phi) is 4.02. The summed E-state index contributed by atoms with van der Waals surface area (Å²) in [4.78, 5) is 2.59. The van der Waals surface area contributed by atoms with E-state index < -0.39 is 0 Å². The molecule has 2 heterocycles. The Morgan fingerprint density at radius 2 is 2.06 bits per heavy atom. The zero-order valence-electron chi connectivity index (χ0n) is 12.0. The fourth-order valence-corrected chi connectivity index (χ4v) is 2.92. The lowest BCUT2D eigenvalue weighted by atomic mass is 9.89. The summed E-state index contributed by atoms with van der Waals surface area (Å²) in [7, 11) is 3.95. The van der Waals surface area contributed by atoms with Crippen molar-refractivity contribution in [2.24, 2.45) is 7.05 Å². The number of likely N-dealkylation sites (tertiary alicyclic amines) is 1. The molecule has 1 N–H and O–H groups in total. The fourth-order valence-electron chi connectivity index (χ4n) is 2.92. The average Bonchev–Trinajstić information content (AvgIpc) is 2.96. The molecule has 0 radical (unpaired) electrons. The lowest BCUT2D eigenvalue weighted by Gasteiger charge is -2.42. The van der Waals surface area contributed by atoms with Gasteiger partial charge in [-0.2, -0.15) is 0 Å². The van der Waals surface area contributed by atoms with Crippen LogP contribution in [0.15, 0.2) is 6.20 Å². The van der Waals surface area contributed by atoms with Gasteiger partial charge in [-0.05, 0) is 46.8 Å². The first-order chi connectivity index (χ1) is 8.54. The highest BCUT2D eigenvalue weighted by molar-refractivity contribution is 5.03. The van der Waals surface area contributed by atoms with E-state index in [0.29, 0.717) is 6.04 Å². The highest BCUT2D eigenvalue weighted by Gasteiger charge is 2.36. The molecule has 1 aromatic rings. The lowest BCUT2D eigenvalue weighted by molar-refractivity contribution is 0.110. The monoisotopic (exact) mass is 251 g/mol. The van der Waals surface area contributed by atoms with Gasteiger partial charge in [-0.1, -0.05) is 5.21 Å². The third-order valence-corrected chi connectivity index (χ3v) is 4.19. The molecule has 18 heavy (non-hydrogen) atoms. The average molecular weight is 251 g/mol. The molecule has 1 saturated heterocycles. The highest BCUT2D eigenvalue weighted by Crippen LogP contribution is 2.25. The quantitative estimate of drug-likeness (QED) is 0.841. The van der Waals surface area contributed by atoms with Crippen LogP contribution in [-0.2, 0) is 13.5 Å². The van der Waals surface area contributed by atoms with Gasteiger partial charge >= 0.3 is 0 Å². The van der Waals surface area contributed by atoms with Crippen LogP contribution in [0.2, 0.25) is 0 Å². The first-order valence-corrected chi connectivity index (χ1v) is 6.81. The molecule has 0 aliphatic carbocycles. The smallest absolute Gasteiger partial charge is 0.0843 e. The largest absolute Gasteiger partial charge is 0.315 e. The third kappa shape index (κ3) is 2.72. The highest BCUT2D eigenvalue weighted by atomic mass is 15.4. The molecular formula is C13H25N5. The van der Waals surface area contributed by atoms with Crippen LogP contribution < -0.4 is 5.32 Å². The number of likely N-dealkylation sites (N-methyl/N-ethyl adjacent to an activating group) is 1. The second-order valence-electron chi connectivity index (χ2n) is 5.78. The van der Waals surface area contributed by atoms with Crippen molar-refractivity contribution < 1.29 is 0 Å². The first kappa shape index (κ1) is 13.5. The molecule has 0 aromatic carbocycles. The van der Waals surface area contributed by atoms with Crippen LogP contribution in [-0.4, -0.2) is 51.6 Å². The summed E-state index contributed by atoms with van der Waals surface area (Å²) >= 11 is 0. The Hall–Kier alpha value is -0.940. The zero-order valence-corrected chi connectivity index (χ0v) is 12.0. The van der Waals surface area contributed by atoms with Gasteiger partial charge in [0.05, 0.1) is 5.69 Å². The Labute approximate surface area is 110 Å². The second kappa shape index (κ2) is 5.36. The van der Waals surface area contributed by atoms with Gasteiger partial charge in [0.15, 0.2) is 0 Å². The summed E-state index contributed by atoms with van der Waals surface area (Å²) in [5.74, 6) is 0. The summed E-state index contributed by atoms with van der Waals surface area (Å²) in [5, 5.41) is 11.7. The molecule has 5 nitrogen and oxygen atoms in total. The van der Waals surface area contributed by atoms with Crippen LogP contribution in [0.4, 0.5) is 0 Å². The number of aryl methyl sites for hydroxylation is 1. The van der Waals surface area contributed by atoms with Crippen LogP contribution in [0.1, 0.15) is 32.4 Å². The van der Waals surface area contributed by atoms with E-state index in [1.54, 1.807) is 4.68 Å². The van der Waals surface area contributed by atoms with Crippen molar-refractivity contribution in [2.75, 3.05) is 20.1 Å². The molecule has 1 atom stereocenters. The molecule has 1 fully saturated rings. The second-order valence-corrected chi connectivity index (χ2v) is 5.78. The minimum absolute atomic E-state index is 0.156.